The third-order valence-corrected chi connectivity index (χ3v) is 4.89. The number of benzene rings is 2. The van der Waals surface area contributed by atoms with E-state index in [9.17, 15) is 9.59 Å². The minimum absolute atomic E-state index is 0.132. The van der Waals surface area contributed by atoms with E-state index >= 15 is 0 Å². The number of anilines is 2. The number of amides is 1. The van der Waals surface area contributed by atoms with Crippen LogP contribution in [0.4, 0.5) is 11.4 Å². The molecule has 0 saturated carbocycles. The molecule has 7 heteroatoms. The summed E-state index contributed by atoms with van der Waals surface area (Å²) in [5, 5.41) is 6.05. The van der Waals surface area contributed by atoms with Crippen LogP contribution in [0, 0.1) is 0 Å². The van der Waals surface area contributed by atoms with Crippen LogP contribution in [-0.2, 0) is 14.3 Å². The lowest BCUT2D eigenvalue weighted by Crippen LogP contribution is -2.20. The van der Waals surface area contributed by atoms with E-state index in [4.69, 9.17) is 14.2 Å². The lowest BCUT2D eigenvalue weighted by atomic mass is 9.81. The number of carbonyl (C=O) groups is 2. The standard InChI is InChI=1S/C20H16N2O5/c1-10(23)21-12-4-2-11(3-5-12)18-13-6-16-17(27-9-26-16)7-14(13)22-15-8-25-20(24)19(15)18/h2-7,18,22H,8-9H2,1H3,(H,21,23)/t18-/m0/s1. The Morgan fingerprint density at radius 1 is 1.11 bits per heavy atom. The molecular weight excluding hydrogens is 348 g/mol. The molecule has 0 radical (unpaired) electrons. The summed E-state index contributed by atoms with van der Waals surface area (Å²) in [5.74, 6) is 0.594. The monoisotopic (exact) mass is 364 g/mol. The predicted molar refractivity (Wildman–Crippen MR) is 96.8 cm³/mol. The lowest BCUT2D eigenvalue weighted by molar-refractivity contribution is -0.136. The molecule has 3 heterocycles. The summed E-state index contributed by atoms with van der Waals surface area (Å²) in [4.78, 5) is 23.7. The average molecular weight is 364 g/mol. The normalized spacial score (nSPS) is 19.1. The first-order chi connectivity index (χ1) is 13.1. The van der Waals surface area contributed by atoms with E-state index in [1.165, 1.54) is 6.92 Å². The van der Waals surface area contributed by atoms with Crippen LogP contribution in [0.15, 0.2) is 47.7 Å². The number of fused-ring (bicyclic) bond motifs is 2. The Hall–Kier alpha value is -3.48. The van der Waals surface area contributed by atoms with Gasteiger partial charge in [-0.25, -0.2) is 4.79 Å². The SMILES string of the molecule is CC(=O)Nc1ccc([C@@H]2C3=C(COC3=O)Nc3cc4c(cc32)OCO4)cc1. The van der Waals surface area contributed by atoms with Gasteiger partial charge in [0.2, 0.25) is 12.7 Å². The number of hydrogen-bond donors (Lipinski definition) is 2. The molecule has 2 aromatic carbocycles. The van der Waals surface area contributed by atoms with Crippen LogP contribution in [-0.4, -0.2) is 25.3 Å². The number of nitrogens with one attached hydrogen (secondary N) is 2. The Labute approximate surface area is 154 Å². The van der Waals surface area contributed by atoms with Gasteiger partial charge in [-0.05, 0) is 29.3 Å². The van der Waals surface area contributed by atoms with Gasteiger partial charge < -0.3 is 24.8 Å². The number of carbonyl (C=O) groups excluding carboxylic acids is 2. The molecule has 2 aromatic rings. The molecule has 0 saturated heterocycles. The molecule has 27 heavy (non-hydrogen) atoms. The van der Waals surface area contributed by atoms with E-state index in [2.05, 4.69) is 10.6 Å². The van der Waals surface area contributed by atoms with E-state index < -0.39 is 0 Å². The second-order valence-electron chi connectivity index (χ2n) is 6.62. The van der Waals surface area contributed by atoms with Gasteiger partial charge in [0.1, 0.15) is 6.61 Å². The van der Waals surface area contributed by atoms with Gasteiger partial charge in [-0.2, -0.15) is 0 Å². The number of cyclic esters (lactones) is 1. The fourth-order valence-electron chi connectivity index (χ4n) is 3.74. The number of hydrogen-bond acceptors (Lipinski definition) is 6. The zero-order chi connectivity index (χ0) is 18.5. The zero-order valence-electron chi connectivity index (χ0n) is 14.5. The minimum atomic E-state index is -0.322. The fourth-order valence-corrected chi connectivity index (χ4v) is 3.74. The molecule has 0 aliphatic carbocycles. The van der Waals surface area contributed by atoms with Crippen LogP contribution in [0.1, 0.15) is 24.0 Å². The summed E-state index contributed by atoms with van der Waals surface area (Å²) >= 11 is 0. The molecule has 0 aromatic heterocycles. The highest BCUT2D eigenvalue weighted by Gasteiger charge is 2.39. The van der Waals surface area contributed by atoms with Crippen molar-refractivity contribution in [3.05, 3.63) is 58.8 Å². The van der Waals surface area contributed by atoms with E-state index in [-0.39, 0.29) is 31.2 Å². The van der Waals surface area contributed by atoms with Crippen molar-refractivity contribution in [2.24, 2.45) is 0 Å². The van der Waals surface area contributed by atoms with Gasteiger partial charge in [0, 0.05) is 30.3 Å². The molecule has 0 unspecified atom stereocenters. The van der Waals surface area contributed by atoms with Crippen LogP contribution in [0.5, 0.6) is 11.5 Å². The Morgan fingerprint density at radius 3 is 2.59 bits per heavy atom. The third-order valence-electron chi connectivity index (χ3n) is 4.89. The molecule has 7 nitrogen and oxygen atoms in total. The van der Waals surface area contributed by atoms with Crippen molar-refractivity contribution in [2.45, 2.75) is 12.8 Å². The van der Waals surface area contributed by atoms with Gasteiger partial charge in [-0.3, -0.25) is 4.79 Å². The van der Waals surface area contributed by atoms with E-state index in [1.807, 2.05) is 36.4 Å². The highest BCUT2D eigenvalue weighted by molar-refractivity contribution is 5.97. The third kappa shape index (κ3) is 2.51. The van der Waals surface area contributed by atoms with E-state index in [0.717, 1.165) is 22.5 Å². The summed E-state index contributed by atoms with van der Waals surface area (Å²) in [6.07, 6.45) is 0. The van der Waals surface area contributed by atoms with Crippen LogP contribution >= 0.6 is 0 Å². The van der Waals surface area contributed by atoms with Crippen LogP contribution < -0.4 is 20.1 Å². The van der Waals surface area contributed by atoms with E-state index in [1.54, 1.807) is 0 Å². The maximum atomic E-state index is 12.4. The second-order valence-corrected chi connectivity index (χ2v) is 6.62. The molecule has 0 bridgehead atoms. The maximum absolute atomic E-state index is 12.4. The van der Waals surface area contributed by atoms with Crippen molar-refractivity contribution < 1.29 is 23.8 Å². The largest absolute Gasteiger partial charge is 0.456 e. The van der Waals surface area contributed by atoms with Crippen molar-refractivity contribution in [3.8, 4) is 11.5 Å². The van der Waals surface area contributed by atoms with Crippen LogP contribution in [0.25, 0.3) is 0 Å². The van der Waals surface area contributed by atoms with Crippen LogP contribution in [0.3, 0.4) is 0 Å². The van der Waals surface area contributed by atoms with Gasteiger partial charge in [0.05, 0.1) is 11.3 Å². The molecule has 1 atom stereocenters. The van der Waals surface area contributed by atoms with Crippen molar-refractivity contribution in [3.63, 3.8) is 0 Å². The highest BCUT2D eigenvalue weighted by Crippen LogP contribution is 2.48. The van der Waals surface area contributed by atoms with Crippen molar-refractivity contribution in [2.75, 3.05) is 24.0 Å². The average Bonchev–Trinajstić information content (AvgIpc) is 3.25. The molecule has 1 amide bonds. The van der Waals surface area contributed by atoms with Crippen molar-refractivity contribution in [1.82, 2.24) is 0 Å². The molecule has 0 fully saturated rings. The highest BCUT2D eigenvalue weighted by atomic mass is 16.7. The lowest BCUT2D eigenvalue weighted by Gasteiger charge is -2.27. The quantitative estimate of drug-likeness (QED) is 0.797. The number of rotatable bonds is 2. The van der Waals surface area contributed by atoms with Crippen LogP contribution in [0.2, 0.25) is 0 Å². The Bertz CT molecular complexity index is 1010. The molecule has 3 aliphatic rings. The summed E-state index contributed by atoms with van der Waals surface area (Å²) < 4.78 is 16.3. The zero-order valence-corrected chi connectivity index (χ0v) is 14.5. The Morgan fingerprint density at radius 2 is 1.85 bits per heavy atom. The fraction of sp³-hybridized carbons (Fsp3) is 0.200. The summed E-state index contributed by atoms with van der Waals surface area (Å²) in [6, 6.07) is 11.3. The van der Waals surface area contributed by atoms with Crippen molar-refractivity contribution in [1.29, 1.82) is 0 Å². The minimum Gasteiger partial charge on any atom is -0.456 e. The smallest absolute Gasteiger partial charge is 0.337 e. The van der Waals surface area contributed by atoms with Gasteiger partial charge in [-0.1, -0.05) is 12.1 Å². The molecule has 0 spiro atoms. The number of esters is 1. The predicted octanol–water partition coefficient (Wildman–Crippen LogP) is 2.74. The van der Waals surface area contributed by atoms with Crippen molar-refractivity contribution >= 4 is 23.3 Å². The second kappa shape index (κ2) is 5.77. The van der Waals surface area contributed by atoms with E-state index in [0.29, 0.717) is 22.8 Å². The topological polar surface area (TPSA) is 85.9 Å². The molecule has 3 aliphatic heterocycles. The van der Waals surface area contributed by atoms with Gasteiger partial charge in [-0.15, -0.1) is 0 Å². The number of ether oxygens (including phenoxy) is 3. The first-order valence-electron chi connectivity index (χ1n) is 8.58. The van der Waals surface area contributed by atoms with Gasteiger partial charge >= 0.3 is 5.97 Å². The first-order valence-corrected chi connectivity index (χ1v) is 8.58. The van der Waals surface area contributed by atoms with Gasteiger partial charge in [0.15, 0.2) is 11.5 Å². The summed E-state index contributed by atoms with van der Waals surface area (Å²) in [6.45, 7) is 1.87. The Balaban J connectivity index is 1.63. The Kier molecular flexibility index (Phi) is 3.36. The molecule has 5 rings (SSSR count). The molecule has 2 N–H and O–H groups in total. The summed E-state index contributed by atoms with van der Waals surface area (Å²) in [7, 11) is 0. The first kappa shape index (κ1) is 15.7. The van der Waals surface area contributed by atoms with Gasteiger partial charge in [0.25, 0.3) is 0 Å². The molecule has 136 valence electrons. The maximum Gasteiger partial charge on any atom is 0.337 e. The summed E-state index contributed by atoms with van der Waals surface area (Å²) in [5.41, 5.74) is 4.79. The molecular formula is C20H16N2O5.